The second-order valence-electron chi connectivity index (χ2n) is 11.5. The Hall–Kier alpha value is -3.12. The van der Waals surface area contributed by atoms with Gasteiger partial charge in [0.1, 0.15) is 0 Å². The number of hydrogen-bond donors (Lipinski definition) is 0. The van der Waals surface area contributed by atoms with Crippen LogP contribution < -0.4 is 0 Å². The van der Waals surface area contributed by atoms with Crippen molar-refractivity contribution < 1.29 is 0 Å². The maximum Gasteiger partial charge on any atom is 0.0127 e. The summed E-state index contributed by atoms with van der Waals surface area (Å²) in [5.41, 5.74) is 16.8. The standard InChI is InChI=1S/C36H38/c1-23-17-24(2)33(20-27-11-6-5-7-12-27)36(18-23)32-16-10-13-29-19-28(22-35(29)32)21-34-25(3)30-14-8-9-15-31(30)26(34)4/h8-10,13-19,27,34H,3-7,11-12,20-22H2,1-2H3. The smallest absolute Gasteiger partial charge is 0.0127 e. The Morgan fingerprint density at radius 1 is 0.750 bits per heavy atom. The average molecular weight is 471 g/mol. The summed E-state index contributed by atoms with van der Waals surface area (Å²) in [4.78, 5) is 0. The molecule has 1 fully saturated rings. The van der Waals surface area contributed by atoms with Crippen LogP contribution in [-0.2, 0) is 12.8 Å². The van der Waals surface area contributed by atoms with Gasteiger partial charge in [0.15, 0.2) is 0 Å². The Kier molecular flexibility index (Phi) is 6.08. The van der Waals surface area contributed by atoms with Crippen LogP contribution in [0.5, 0.6) is 0 Å². The SMILES string of the molecule is C=C1c2ccccc2C(=C)C1CC1=Cc2cccc(-c3cc(C)cc(C)c3CC3CCCCC3)c2C1. The average Bonchev–Trinajstić information content (AvgIpc) is 3.41. The molecule has 0 heterocycles. The summed E-state index contributed by atoms with van der Waals surface area (Å²) in [7, 11) is 0. The minimum Gasteiger partial charge on any atom is -0.0946 e. The summed E-state index contributed by atoms with van der Waals surface area (Å²) < 4.78 is 0. The van der Waals surface area contributed by atoms with Gasteiger partial charge in [-0.05, 0) is 94.7 Å². The van der Waals surface area contributed by atoms with Crippen LogP contribution >= 0.6 is 0 Å². The summed E-state index contributed by atoms with van der Waals surface area (Å²) in [6, 6.07) is 20.4. The molecular weight excluding hydrogens is 432 g/mol. The van der Waals surface area contributed by atoms with Gasteiger partial charge in [-0.1, -0.05) is 117 Å². The Bertz CT molecular complexity index is 1350. The Balaban J connectivity index is 1.30. The normalized spacial score (nSPS) is 17.9. The lowest BCUT2D eigenvalue weighted by atomic mass is 9.80. The Morgan fingerprint density at radius 2 is 1.44 bits per heavy atom. The van der Waals surface area contributed by atoms with Gasteiger partial charge in [0.25, 0.3) is 0 Å². The van der Waals surface area contributed by atoms with Crippen molar-refractivity contribution in [3.05, 3.63) is 112 Å². The van der Waals surface area contributed by atoms with Crippen LogP contribution in [0.3, 0.4) is 0 Å². The zero-order valence-corrected chi connectivity index (χ0v) is 22.0. The number of allylic oxidation sites excluding steroid dienone is 3. The van der Waals surface area contributed by atoms with Crippen LogP contribution in [0.25, 0.3) is 28.3 Å². The second-order valence-corrected chi connectivity index (χ2v) is 11.5. The third-order valence-corrected chi connectivity index (χ3v) is 9.03. The molecule has 0 amide bonds. The number of fused-ring (bicyclic) bond motifs is 2. The minimum atomic E-state index is 0.314. The van der Waals surface area contributed by atoms with Gasteiger partial charge in [-0.25, -0.2) is 0 Å². The number of benzene rings is 3. The fraction of sp³-hybridized carbons (Fsp3) is 0.333. The highest BCUT2D eigenvalue weighted by molar-refractivity contribution is 5.93. The van der Waals surface area contributed by atoms with E-state index in [1.54, 1.807) is 5.56 Å². The van der Waals surface area contributed by atoms with E-state index in [2.05, 4.69) is 87.7 Å². The summed E-state index contributed by atoms with van der Waals surface area (Å²) in [6.45, 7) is 13.5. The summed E-state index contributed by atoms with van der Waals surface area (Å²) >= 11 is 0. The van der Waals surface area contributed by atoms with Gasteiger partial charge < -0.3 is 0 Å². The molecule has 6 rings (SSSR count). The molecule has 0 aromatic heterocycles. The van der Waals surface area contributed by atoms with Crippen molar-refractivity contribution >= 4 is 17.2 Å². The Morgan fingerprint density at radius 3 is 2.17 bits per heavy atom. The molecule has 36 heavy (non-hydrogen) atoms. The van der Waals surface area contributed by atoms with E-state index >= 15 is 0 Å². The first-order valence-corrected chi connectivity index (χ1v) is 13.9. The van der Waals surface area contributed by atoms with E-state index < -0.39 is 0 Å². The summed E-state index contributed by atoms with van der Waals surface area (Å²) in [5, 5.41) is 0. The van der Waals surface area contributed by atoms with Crippen molar-refractivity contribution in [3.63, 3.8) is 0 Å². The molecule has 0 N–H and O–H groups in total. The third-order valence-electron chi connectivity index (χ3n) is 9.03. The quantitative estimate of drug-likeness (QED) is 0.348. The van der Waals surface area contributed by atoms with Gasteiger partial charge in [0.05, 0.1) is 0 Å². The van der Waals surface area contributed by atoms with Gasteiger partial charge >= 0.3 is 0 Å². The molecule has 3 aliphatic carbocycles. The molecule has 0 nitrogen and oxygen atoms in total. The lowest BCUT2D eigenvalue weighted by molar-refractivity contribution is 0.356. The van der Waals surface area contributed by atoms with Gasteiger partial charge in [-0.2, -0.15) is 0 Å². The van der Waals surface area contributed by atoms with E-state index in [-0.39, 0.29) is 0 Å². The highest BCUT2D eigenvalue weighted by Gasteiger charge is 2.31. The van der Waals surface area contributed by atoms with Crippen molar-refractivity contribution in [3.8, 4) is 11.1 Å². The molecule has 0 atom stereocenters. The van der Waals surface area contributed by atoms with Gasteiger partial charge in [0, 0.05) is 5.92 Å². The second kappa shape index (κ2) is 9.40. The fourth-order valence-corrected chi connectivity index (χ4v) is 7.14. The van der Waals surface area contributed by atoms with E-state index in [9.17, 15) is 0 Å². The number of aryl methyl sites for hydroxylation is 2. The maximum atomic E-state index is 4.48. The molecule has 0 heteroatoms. The molecule has 3 aromatic rings. The maximum absolute atomic E-state index is 4.48. The molecule has 3 aromatic carbocycles. The molecule has 0 unspecified atom stereocenters. The van der Waals surface area contributed by atoms with E-state index in [0.29, 0.717) is 5.92 Å². The minimum absolute atomic E-state index is 0.314. The Labute approximate surface area is 217 Å². The van der Waals surface area contributed by atoms with Crippen LogP contribution in [0.2, 0.25) is 0 Å². The molecule has 0 bridgehead atoms. The van der Waals surface area contributed by atoms with Gasteiger partial charge in [0.2, 0.25) is 0 Å². The van der Waals surface area contributed by atoms with Crippen LogP contribution in [0.4, 0.5) is 0 Å². The molecule has 0 spiro atoms. The van der Waals surface area contributed by atoms with Crippen molar-refractivity contribution in [2.24, 2.45) is 11.8 Å². The molecule has 3 aliphatic rings. The summed E-state index contributed by atoms with van der Waals surface area (Å²) in [6.07, 6.45) is 12.7. The molecule has 1 saturated carbocycles. The predicted molar refractivity (Wildman–Crippen MR) is 156 cm³/mol. The van der Waals surface area contributed by atoms with E-state index in [1.165, 1.54) is 99.8 Å². The van der Waals surface area contributed by atoms with Crippen molar-refractivity contribution in [1.82, 2.24) is 0 Å². The fourth-order valence-electron chi connectivity index (χ4n) is 7.14. The van der Waals surface area contributed by atoms with Gasteiger partial charge in [-0.15, -0.1) is 0 Å². The number of hydrogen-bond acceptors (Lipinski definition) is 0. The van der Waals surface area contributed by atoms with Crippen molar-refractivity contribution in [1.29, 1.82) is 0 Å². The van der Waals surface area contributed by atoms with Crippen LogP contribution in [0.15, 0.2) is 73.3 Å². The molecule has 0 aliphatic heterocycles. The van der Waals surface area contributed by atoms with Crippen LogP contribution in [-0.4, -0.2) is 0 Å². The summed E-state index contributed by atoms with van der Waals surface area (Å²) in [5.74, 6) is 1.15. The topological polar surface area (TPSA) is 0 Å². The molecule has 182 valence electrons. The zero-order valence-electron chi connectivity index (χ0n) is 22.0. The molecular formula is C36H38. The van der Waals surface area contributed by atoms with E-state index in [4.69, 9.17) is 0 Å². The van der Waals surface area contributed by atoms with Crippen molar-refractivity contribution in [2.75, 3.05) is 0 Å². The monoisotopic (exact) mass is 470 g/mol. The van der Waals surface area contributed by atoms with Crippen LogP contribution in [0.1, 0.15) is 77.5 Å². The van der Waals surface area contributed by atoms with E-state index in [0.717, 1.165) is 18.8 Å². The lowest BCUT2D eigenvalue weighted by Gasteiger charge is -2.25. The first kappa shape index (κ1) is 23.3. The molecule has 0 radical (unpaired) electrons. The largest absolute Gasteiger partial charge is 0.0946 e. The zero-order chi connectivity index (χ0) is 24.8. The van der Waals surface area contributed by atoms with Crippen molar-refractivity contribution in [2.45, 2.75) is 65.2 Å². The van der Waals surface area contributed by atoms with Gasteiger partial charge in [-0.3, -0.25) is 0 Å². The molecule has 0 saturated heterocycles. The first-order valence-electron chi connectivity index (χ1n) is 13.9. The predicted octanol–water partition coefficient (Wildman–Crippen LogP) is 9.78. The van der Waals surface area contributed by atoms with E-state index in [1.807, 2.05) is 0 Å². The van der Waals surface area contributed by atoms with Crippen LogP contribution in [0, 0.1) is 25.7 Å². The highest BCUT2D eigenvalue weighted by atomic mass is 14.3. The highest BCUT2D eigenvalue weighted by Crippen LogP contribution is 2.48. The third kappa shape index (κ3) is 4.11. The number of rotatable bonds is 5. The lowest BCUT2D eigenvalue weighted by Crippen LogP contribution is -2.11. The first-order chi connectivity index (χ1) is 17.5.